The van der Waals surface area contributed by atoms with Gasteiger partial charge in [-0.25, -0.2) is 0 Å². The summed E-state index contributed by atoms with van der Waals surface area (Å²) in [6.07, 6.45) is 2.34. The number of rotatable bonds is 3. The first-order valence-electron chi connectivity index (χ1n) is 3.97. The molecule has 1 heterocycles. The van der Waals surface area contributed by atoms with Crippen molar-refractivity contribution in [3.8, 4) is 0 Å². The van der Waals surface area contributed by atoms with Gasteiger partial charge in [-0.1, -0.05) is 13.8 Å². The Morgan fingerprint density at radius 1 is 1.58 bits per heavy atom. The third-order valence-corrected chi connectivity index (χ3v) is 1.78. The second kappa shape index (κ2) is 3.54. The molecule has 1 unspecified atom stereocenters. The lowest BCUT2D eigenvalue weighted by Crippen LogP contribution is -2.16. The molecule has 0 aromatic carbocycles. The number of carbonyl (C=O) groups is 1. The van der Waals surface area contributed by atoms with Gasteiger partial charge in [0.05, 0.1) is 0 Å². The molecule has 2 N–H and O–H groups in total. The van der Waals surface area contributed by atoms with Crippen LogP contribution in [0.5, 0.6) is 0 Å². The normalized spacial score (nSPS) is 13.3. The summed E-state index contributed by atoms with van der Waals surface area (Å²) in [6, 6.07) is 1.70. The zero-order chi connectivity index (χ0) is 9.14. The molecule has 0 aliphatic carbocycles. The quantitative estimate of drug-likeness (QED) is 0.712. The Balaban J connectivity index is 2.72. The number of aromatic nitrogens is 1. The molecule has 0 bridgehead atoms. The van der Waals surface area contributed by atoms with Crippen LogP contribution in [-0.4, -0.2) is 15.9 Å². The van der Waals surface area contributed by atoms with E-state index in [-0.39, 0.29) is 11.7 Å². The van der Waals surface area contributed by atoms with Crippen molar-refractivity contribution in [2.45, 2.75) is 20.0 Å². The van der Waals surface area contributed by atoms with Crippen LogP contribution in [0.15, 0.2) is 18.5 Å². The maximum atomic E-state index is 11.3. The van der Waals surface area contributed by atoms with E-state index in [0.29, 0.717) is 5.56 Å². The Bertz CT molecular complexity index is 252. The van der Waals surface area contributed by atoms with Crippen molar-refractivity contribution in [3.05, 3.63) is 24.0 Å². The fraction of sp³-hybridized carbons (Fsp3) is 0.444. The van der Waals surface area contributed by atoms with Gasteiger partial charge in [-0.3, -0.25) is 4.79 Å². The van der Waals surface area contributed by atoms with E-state index >= 15 is 0 Å². The van der Waals surface area contributed by atoms with Gasteiger partial charge in [0.15, 0.2) is 5.78 Å². The summed E-state index contributed by atoms with van der Waals surface area (Å²) in [6.45, 7) is 3.55. The molecular weight excluding hydrogens is 154 g/mol. The second-order valence-electron chi connectivity index (χ2n) is 3.10. The van der Waals surface area contributed by atoms with Crippen LogP contribution < -0.4 is 0 Å². The molecular formula is C9H13NO2. The first kappa shape index (κ1) is 9.00. The van der Waals surface area contributed by atoms with Gasteiger partial charge in [0, 0.05) is 23.9 Å². The van der Waals surface area contributed by atoms with Gasteiger partial charge >= 0.3 is 0 Å². The first-order chi connectivity index (χ1) is 5.63. The minimum atomic E-state index is -0.976. The predicted octanol–water partition coefficient (Wildman–Crippen LogP) is 1.27. The van der Waals surface area contributed by atoms with Crippen molar-refractivity contribution in [3.63, 3.8) is 0 Å². The lowest BCUT2D eigenvalue weighted by Gasteiger charge is -2.09. The maximum absolute atomic E-state index is 11.3. The summed E-state index contributed by atoms with van der Waals surface area (Å²) in [5.74, 6) is -0.274. The molecule has 0 radical (unpaired) electrons. The third-order valence-electron chi connectivity index (χ3n) is 1.78. The molecule has 1 aromatic heterocycles. The highest BCUT2D eigenvalue weighted by Gasteiger charge is 2.19. The summed E-state index contributed by atoms with van der Waals surface area (Å²) < 4.78 is 0. The average Bonchev–Trinajstić information content (AvgIpc) is 2.53. The number of aliphatic hydroxyl groups is 1. The number of hydrogen-bond donors (Lipinski definition) is 2. The van der Waals surface area contributed by atoms with Crippen molar-refractivity contribution in [2.75, 3.05) is 0 Å². The average molecular weight is 167 g/mol. The Morgan fingerprint density at radius 2 is 2.25 bits per heavy atom. The number of H-pyrrole nitrogens is 1. The van der Waals surface area contributed by atoms with Crippen LogP contribution in [0.25, 0.3) is 0 Å². The smallest absolute Gasteiger partial charge is 0.168 e. The van der Waals surface area contributed by atoms with Crippen molar-refractivity contribution in [1.82, 2.24) is 4.98 Å². The summed E-state index contributed by atoms with van der Waals surface area (Å²) in [5, 5.41) is 9.48. The molecule has 0 spiro atoms. The molecule has 12 heavy (non-hydrogen) atoms. The molecule has 3 heteroatoms. The minimum Gasteiger partial charge on any atom is -0.380 e. The molecule has 0 saturated carbocycles. The van der Waals surface area contributed by atoms with Gasteiger partial charge in [-0.15, -0.1) is 0 Å². The Kier molecular flexibility index (Phi) is 2.65. The Morgan fingerprint density at radius 3 is 2.67 bits per heavy atom. The molecule has 0 fully saturated rings. The van der Waals surface area contributed by atoms with E-state index < -0.39 is 6.10 Å². The lowest BCUT2D eigenvalue weighted by molar-refractivity contribution is -0.130. The standard InChI is InChI=1S/C9H13NO2/c1-6(2)8(11)9(12)7-3-4-10-5-7/h3-6,9-10,12H,1-2H3. The number of carbonyl (C=O) groups excluding carboxylic acids is 1. The van der Waals surface area contributed by atoms with E-state index in [2.05, 4.69) is 4.98 Å². The van der Waals surface area contributed by atoms with Crippen LogP contribution in [0.4, 0.5) is 0 Å². The Labute approximate surface area is 71.4 Å². The van der Waals surface area contributed by atoms with Gasteiger partial charge in [0.25, 0.3) is 0 Å². The Hall–Kier alpha value is -1.09. The fourth-order valence-electron chi connectivity index (χ4n) is 0.987. The highest BCUT2D eigenvalue weighted by molar-refractivity contribution is 5.85. The van der Waals surface area contributed by atoms with Crippen LogP contribution in [0.2, 0.25) is 0 Å². The number of nitrogens with one attached hydrogen (secondary N) is 1. The summed E-state index contributed by atoms with van der Waals surface area (Å²) >= 11 is 0. The maximum Gasteiger partial charge on any atom is 0.168 e. The van der Waals surface area contributed by atoms with Crippen LogP contribution in [0.1, 0.15) is 25.5 Å². The highest BCUT2D eigenvalue weighted by Crippen LogP contribution is 2.16. The number of Topliss-reactive ketones (excluding diaryl/α,β-unsaturated/α-hetero) is 1. The lowest BCUT2D eigenvalue weighted by atomic mass is 10.0. The topological polar surface area (TPSA) is 53.1 Å². The number of aliphatic hydroxyl groups excluding tert-OH is 1. The van der Waals surface area contributed by atoms with E-state index in [9.17, 15) is 9.90 Å². The largest absolute Gasteiger partial charge is 0.380 e. The second-order valence-corrected chi connectivity index (χ2v) is 3.10. The molecule has 1 aromatic rings. The highest BCUT2D eigenvalue weighted by atomic mass is 16.3. The number of hydrogen-bond acceptors (Lipinski definition) is 2. The zero-order valence-corrected chi connectivity index (χ0v) is 7.24. The van der Waals surface area contributed by atoms with E-state index in [1.807, 2.05) is 0 Å². The van der Waals surface area contributed by atoms with Gasteiger partial charge < -0.3 is 10.1 Å². The summed E-state index contributed by atoms with van der Waals surface area (Å²) in [5.41, 5.74) is 0.633. The molecule has 1 rings (SSSR count). The van der Waals surface area contributed by atoms with E-state index in [4.69, 9.17) is 0 Å². The van der Waals surface area contributed by atoms with Gasteiger partial charge in [0.2, 0.25) is 0 Å². The molecule has 0 amide bonds. The predicted molar refractivity (Wildman–Crippen MR) is 45.6 cm³/mol. The van der Waals surface area contributed by atoms with Gasteiger partial charge in [0.1, 0.15) is 6.10 Å². The monoisotopic (exact) mass is 167 g/mol. The van der Waals surface area contributed by atoms with Crippen LogP contribution >= 0.6 is 0 Å². The molecule has 0 aliphatic rings. The van der Waals surface area contributed by atoms with E-state index in [1.54, 1.807) is 32.3 Å². The third kappa shape index (κ3) is 1.74. The zero-order valence-electron chi connectivity index (χ0n) is 7.24. The number of aromatic amines is 1. The van der Waals surface area contributed by atoms with E-state index in [1.165, 1.54) is 0 Å². The van der Waals surface area contributed by atoms with Crippen LogP contribution in [-0.2, 0) is 4.79 Å². The summed E-state index contributed by atoms with van der Waals surface area (Å²) in [4.78, 5) is 14.1. The fourth-order valence-corrected chi connectivity index (χ4v) is 0.987. The van der Waals surface area contributed by atoms with E-state index in [0.717, 1.165) is 0 Å². The van der Waals surface area contributed by atoms with Crippen molar-refractivity contribution in [2.24, 2.45) is 5.92 Å². The van der Waals surface area contributed by atoms with Crippen molar-refractivity contribution >= 4 is 5.78 Å². The number of ketones is 1. The minimum absolute atomic E-state index is 0.130. The van der Waals surface area contributed by atoms with Crippen molar-refractivity contribution in [1.29, 1.82) is 0 Å². The van der Waals surface area contributed by atoms with Crippen molar-refractivity contribution < 1.29 is 9.90 Å². The SMILES string of the molecule is CC(C)C(=O)C(O)c1cc[nH]c1. The molecule has 0 aliphatic heterocycles. The summed E-state index contributed by atoms with van der Waals surface area (Å²) in [7, 11) is 0. The van der Waals surface area contributed by atoms with Gasteiger partial charge in [-0.2, -0.15) is 0 Å². The van der Waals surface area contributed by atoms with Crippen LogP contribution in [0, 0.1) is 5.92 Å². The molecule has 0 saturated heterocycles. The molecule has 3 nitrogen and oxygen atoms in total. The molecule has 66 valence electrons. The molecule has 1 atom stereocenters. The van der Waals surface area contributed by atoms with Crippen LogP contribution in [0.3, 0.4) is 0 Å². The van der Waals surface area contributed by atoms with Gasteiger partial charge in [-0.05, 0) is 6.07 Å². The first-order valence-corrected chi connectivity index (χ1v) is 3.97.